The number of halogens is 1. The van der Waals surface area contributed by atoms with Crippen molar-refractivity contribution in [3.05, 3.63) is 64.6 Å². The number of carboxylic acids is 2. The molecule has 2 heterocycles. The minimum absolute atomic E-state index is 0.770. The van der Waals surface area contributed by atoms with Crippen LogP contribution in [-0.2, 0) is 16.1 Å². The molecule has 0 unspecified atom stereocenters. The molecule has 2 aliphatic rings. The lowest BCUT2D eigenvalue weighted by atomic mass is 10.0. The van der Waals surface area contributed by atoms with Crippen LogP contribution in [0.3, 0.4) is 0 Å². The lowest BCUT2D eigenvalue weighted by molar-refractivity contribution is -0.159. The van der Waals surface area contributed by atoms with E-state index in [4.69, 9.17) is 19.8 Å². The van der Waals surface area contributed by atoms with Crippen molar-refractivity contribution in [1.29, 1.82) is 0 Å². The fourth-order valence-corrected chi connectivity index (χ4v) is 4.77. The molecular weight excluding hydrogens is 474 g/mol. The van der Waals surface area contributed by atoms with Gasteiger partial charge in [-0.05, 0) is 55.8 Å². The van der Waals surface area contributed by atoms with Crippen molar-refractivity contribution in [2.24, 2.45) is 0 Å². The second-order valence-electron chi connectivity index (χ2n) is 8.11. The van der Waals surface area contributed by atoms with Crippen molar-refractivity contribution < 1.29 is 19.8 Å². The van der Waals surface area contributed by atoms with Crippen molar-refractivity contribution in [2.75, 3.05) is 44.2 Å². The molecule has 2 aromatic rings. The van der Waals surface area contributed by atoms with Crippen LogP contribution in [0.2, 0.25) is 0 Å². The molecule has 32 heavy (non-hydrogen) atoms. The van der Waals surface area contributed by atoms with Gasteiger partial charge in [0.05, 0.1) is 0 Å². The van der Waals surface area contributed by atoms with E-state index in [1.54, 1.807) is 0 Å². The molecule has 172 valence electrons. The zero-order chi connectivity index (χ0) is 22.9. The Labute approximate surface area is 197 Å². The first-order chi connectivity index (χ1) is 15.4. The number of anilines is 1. The Morgan fingerprint density at radius 3 is 2.03 bits per heavy atom. The molecule has 0 atom stereocenters. The molecular formula is C24H30BrN3O4. The molecule has 0 aromatic heterocycles. The van der Waals surface area contributed by atoms with Crippen LogP contribution >= 0.6 is 15.9 Å². The zero-order valence-corrected chi connectivity index (χ0v) is 19.7. The first kappa shape index (κ1) is 24.2. The standard InChI is InChI=1S/C22H28BrN3.C2H2O4/c23-20-6-4-5-19(17-20)18-24-11-9-22(10-12-24)26-15-13-25(14-16-26)21-7-2-1-3-8-21;3-1(4)2(5)6/h1-8,17,22H,9-16,18H2;(H,3,4)(H,5,6). The number of carbonyl (C=O) groups is 2. The number of para-hydroxylation sites is 1. The molecule has 8 heteroatoms. The first-order valence-electron chi connectivity index (χ1n) is 10.9. The maximum atomic E-state index is 9.10. The van der Waals surface area contributed by atoms with Gasteiger partial charge < -0.3 is 15.1 Å². The smallest absolute Gasteiger partial charge is 0.414 e. The molecule has 2 fully saturated rings. The molecule has 0 aliphatic carbocycles. The predicted molar refractivity (Wildman–Crippen MR) is 128 cm³/mol. The molecule has 0 bridgehead atoms. The highest BCUT2D eigenvalue weighted by atomic mass is 79.9. The summed E-state index contributed by atoms with van der Waals surface area (Å²) < 4.78 is 1.18. The number of aliphatic carboxylic acids is 2. The van der Waals surface area contributed by atoms with E-state index in [2.05, 4.69) is 85.2 Å². The molecule has 4 rings (SSSR count). The Hall–Kier alpha value is -2.42. The van der Waals surface area contributed by atoms with Crippen LogP contribution in [-0.4, -0.2) is 77.3 Å². The quantitative estimate of drug-likeness (QED) is 0.618. The number of piperazine rings is 1. The maximum absolute atomic E-state index is 9.10. The number of rotatable bonds is 4. The van der Waals surface area contributed by atoms with Gasteiger partial charge in [0.1, 0.15) is 0 Å². The van der Waals surface area contributed by atoms with E-state index in [1.807, 2.05) is 0 Å². The van der Waals surface area contributed by atoms with Crippen LogP contribution < -0.4 is 4.90 Å². The summed E-state index contributed by atoms with van der Waals surface area (Å²) in [6.07, 6.45) is 2.61. The number of nitrogens with zero attached hydrogens (tertiary/aromatic N) is 3. The van der Waals surface area contributed by atoms with Crippen LogP contribution in [0, 0.1) is 0 Å². The monoisotopic (exact) mass is 503 g/mol. The summed E-state index contributed by atoms with van der Waals surface area (Å²) in [5.41, 5.74) is 2.78. The van der Waals surface area contributed by atoms with Gasteiger partial charge in [-0.25, -0.2) is 9.59 Å². The minimum atomic E-state index is -1.82. The summed E-state index contributed by atoms with van der Waals surface area (Å²) in [5, 5.41) is 14.8. The van der Waals surface area contributed by atoms with Gasteiger partial charge in [-0.15, -0.1) is 0 Å². The van der Waals surface area contributed by atoms with Gasteiger partial charge >= 0.3 is 11.9 Å². The van der Waals surface area contributed by atoms with Gasteiger partial charge in [-0.3, -0.25) is 9.80 Å². The highest BCUT2D eigenvalue weighted by Crippen LogP contribution is 2.22. The second-order valence-corrected chi connectivity index (χ2v) is 9.02. The normalized spacial score (nSPS) is 18.0. The van der Waals surface area contributed by atoms with Crippen molar-refractivity contribution >= 4 is 33.6 Å². The Morgan fingerprint density at radius 1 is 0.844 bits per heavy atom. The summed E-state index contributed by atoms with van der Waals surface area (Å²) in [6.45, 7) is 8.22. The molecule has 0 radical (unpaired) electrons. The first-order valence-corrected chi connectivity index (χ1v) is 11.7. The fourth-order valence-electron chi connectivity index (χ4n) is 4.32. The molecule has 2 N–H and O–H groups in total. The lowest BCUT2D eigenvalue weighted by Crippen LogP contribution is -2.53. The summed E-state index contributed by atoms with van der Waals surface area (Å²) in [7, 11) is 0. The van der Waals surface area contributed by atoms with Gasteiger partial charge in [-0.1, -0.05) is 46.3 Å². The summed E-state index contributed by atoms with van der Waals surface area (Å²) in [5.74, 6) is -3.65. The Kier molecular flexibility index (Phi) is 9.08. The van der Waals surface area contributed by atoms with Crippen molar-refractivity contribution in [2.45, 2.75) is 25.4 Å². The number of benzene rings is 2. The summed E-state index contributed by atoms with van der Waals surface area (Å²) >= 11 is 3.58. The Bertz CT molecular complexity index is 868. The maximum Gasteiger partial charge on any atom is 0.414 e. The largest absolute Gasteiger partial charge is 0.473 e. The van der Waals surface area contributed by atoms with Gasteiger partial charge in [0.15, 0.2) is 0 Å². The highest BCUT2D eigenvalue weighted by Gasteiger charge is 2.27. The fraction of sp³-hybridized carbons (Fsp3) is 0.417. The van der Waals surface area contributed by atoms with Crippen molar-refractivity contribution in [3.8, 4) is 0 Å². The van der Waals surface area contributed by atoms with Gasteiger partial charge in [0.2, 0.25) is 0 Å². The number of carboxylic acid groups (broad SMARTS) is 2. The van der Waals surface area contributed by atoms with E-state index in [0.29, 0.717) is 0 Å². The van der Waals surface area contributed by atoms with Gasteiger partial charge in [0, 0.05) is 48.9 Å². The van der Waals surface area contributed by atoms with E-state index >= 15 is 0 Å². The van der Waals surface area contributed by atoms with Crippen molar-refractivity contribution in [3.63, 3.8) is 0 Å². The van der Waals surface area contributed by atoms with E-state index in [1.165, 1.54) is 54.7 Å². The molecule has 0 saturated carbocycles. The van der Waals surface area contributed by atoms with Crippen LogP contribution in [0.25, 0.3) is 0 Å². The predicted octanol–water partition coefficient (Wildman–Crippen LogP) is 3.39. The summed E-state index contributed by atoms with van der Waals surface area (Å²) in [6, 6.07) is 20.3. The van der Waals surface area contributed by atoms with Crippen LogP contribution in [0.1, 0.15) is 18.4 Å². The lowest BCUT2D eigenvalue weighted by Gasteiger charge is -2.43. The summed E-state index contributed by atoms with van der Waals surface area (Å²) in [4.78, 5) is 26.1. The van der Waals surface area contributed by atoms with Crippen LogP contribution in [0.4, 0.5) is 5.69 Å². The molecule has 2 aliphatic heterocycles. The third-order valence-electron chi connectivity index (χ3n) is 5.99. The third kappa shape index (κ3) is 7.32. The Morgan fingerprint density at radius 2 is 1.47 bits per heavy atom. The van der Waals surface area contributed by atoms with Gasteiger partial charge in [-0.2, -0.15) is 0 Å². The van der Waals surface area contributed by atoms with Crippen LogP contribution in [0.5, 0.6) is 0 Å². The van der Waals surface area contributed by atoms with E-state index < -0.39 is 11.9 Å². The molecule has 0 spiro atoms. The second kappa shape index (κ2) is 12.0. The number of likely N-dealkylation sites (tertiary alicyclic amines) is 1. The average Bonchev–Trinajstić information content (AvgIpc) is 2.81. The highest BCUT2D eigenvalue weighted by molar-refractivity contribution is 9.10. The third-order valence-corrected chi connectivity index (χ3v) is 6.48. The SMILES string of the molecule is Brc1cccc(CN2CCC(N3CCN(c4ccccc4)CC3)CC2)c1.O=C(O)C(=O)O. The number of hydrogen-bond acceptors (Lipinski definition) is 5. The molecule has 7 nitrogen and oxygen atoms in total. The zero-order valence-electron chi connectivity index (χ0n) is 18.1. The van der Waals surface area contributed by atoms with Crippen LogP contribution in [0.15, 0.2) is 59.1 Å². The van der Waals surface area contributed by atoms with E-state index in [0.717, 1.165) is 25.7 Å². The minimum Gasteiger partial charge on any atom is -0.473 e. The topological polar surface area (TPSA) is 84.3 Å². The average molecular weight is 504 g/mol. The number of hydrogen-bond donors (Lipinski definition) is 2. The van der Waals surface area contributed by atoms with E-state index in [-0.39, 0.29) is 0 Å². The van der Waals surface area contributed by atoms with Gasteiger partial charge in [0.25, 0.3) is 0 Å². The number of piperidine rings is 1. The Balaban J connectivity index is 0.000000427. The van der Waals surface area contributed by atoms with E-state index in [9.17, 15) is 0 Å². The van der Waals surface area contributed by atoms with Crippen molar-refractivity contribution in [1.82, 2.24) is 9.80 Å². The molecule has 2 aromatic carbocycles. The molecule has 2 saturated heterocycles. The molecule has 0 amide bonds.